The summed E-state index contributed by atoms with van der Waals surface area (Å²) >= 11 is 5.83. The molecule has 0 heterocycles. The van der Waals surface area contributed by atoms with E-state index >= 15 is 0 Å². The molecular weight excluding hydrogens is 349 g/mol. The number of rotatable bonds is 8. The first-order valence-corrected chi connectivity index (χ1v) is 8.54. The van der Waals surface area contributed by atoms with Gasteiger partial charge in [-0.1, -0.05) is 35.4 Å². The van der Waals surface area contributed by atoms with E-state index in [0.29, 0.717) is 6.42 Å². The van der Waals surface area contributed by atoms with Crippen LogP contribution in [0.4, 0.5) is 4.39 Å². The Morgan fingerprint density at radius 3 is 2.54 bits per heavy atom. The fourth-order valence-corrected chi connectivity index (χ4v) is 2.55. The fourth-order valence-electron chi connectivity index (χ4n) is 2.43. The molecule has 0 saturated heterocycles. The van der Waals surface area contributed by atoms with Gasteiger partial charge in [0.2, 0.25) is 0 Å². The van der Waals surface area contributed by atoms with Gasteiger partial charge in [-0.3, -0.25) is 4.99 Å². The van der Waals surface area contributed by atoms with Gasteiger partial charge in [0.1, 0.15) is 5.82 Å². The van der Waals surface area contributed by atoms with Crippen LogP contribution >= 0.6 is 11.6 Å². The lowest BCUT2D eigenvalue weighted by Crippen LogP contribution is -2.06. The van der Waals surface area contributed by atoms with Gasteiger partial charge in [-0.15, -0.1) is 6.58 Å². The zero-order valence-corrected chi connectivity index (χ0v) is 15.9. The Labute approximate surface area is 160 Å². The van der Waals surface area contributed by atoms with E-state index in [1.807, 2.05) is 19.9 Å². The molecule has 3 nitrogen and oxygen atoms in total. The zero-order chi connectivity index (χ0) is 19.5. The first kappa shape index (κ1) is 21.5. The van der Waals surface area contributed by atoms with Crippen LogP contribution < -0.4 is 11.5 Å². The van der Waals surface area contributed by atoms with Gasteiger partial charge < -0.3 is 11.5 Å². The van der Waals surface area contributed by atoms with Gasteiger partial charge >= 0.3 is 0 Å². The highest BCUT2D eigenvalue weighted by Crippen LogP contribution is 2.30. The van der Waals surface area contributed by atoms with Crippen LogP contribution in [-0.4, -0.2) is 12.3 Å². The van der Waals surface area contributed by atoms with E-state index in [0.717, 1.165) is 22.3 Å². The predicted octanol–water partition coefficient (Wildman–Crippen LogP) is 5.16. The van der Waals surface area contributed by atoms with Crippen molar-refractivity contribution in [2.45, 2.75) is 26.3 Å². The summed E-state index contributed by atoms with van der Waals surface area (Å²) in [7, 11) is 0. The molecule has 1 aromatic rings. The minimum atomic E-state index is -0.456. The minimum Gasteiger partial charge on any atom is -0.405 e. The van der Waals surface area contributed by atoms with Crippen LogP contribution in [0.15, 0.2) is 77.6 Å². The van der Waals surface area contributed by atoms with E-state index in [9.17, 15) is 4.39 Å². The van der Waals surface area contributed by atoms with E-state index in [1.54, 1.807) is 36.6 Å². The van der Waals surface area contributed by atoms with Crippen molar-refractivity contribution in [1.82, 2.24) is 0 Å². The number of nitrogens with two attached hydrogens (primary N) is 2. The summed E-state index contributed by atoms with van der Waals surface area (Å²) in [5, 5.41) is 0.0930. The Bertz CT molecular complexity index is 773. The molecule has 0 amide bonds. The highest BCUT2D eigenvalue weighted by Gasteiger charge is 2.14. The predicted molar refractivity (Wildman–Crippen MR) is 112 cm³/mol. The van der Waals surface area contributed by atoms with Gasteiger partial charge in [-0.2, -0.15) is 0 Å². The van der Waals surface area contributed by atoms with Gasteiger partial charge in [-0.05, 0) is 73.7 Å². The third kappa shape index (κ3) is 6.37. The molecule has 138 valence electrons. The van der Waals surface area contributed by atoms with Gasteiger partial charge in [0.15, 0.2) is 0 Å². The molecule has 0 spiro atoms. The molecule has 1 rings (SSSR count). The second-order valence-electron chi connectivity index (χ2n) is 5.73. The number of hydrogen-bond acceptors (Lipinski definition) is 3. The Balaban J connectivity index is 3.44. The molecule has 0 aliphatic heterocycles. The minimum absolute atomic E-state index is 0.0930. The van der Waals surface area contributed by atoms with Crippen molar-refractivity contribution in [3.8, 4) is 0 Å². The smallest absolute Gasteiger partial charge is 0.142 e. The molecule has 1 atom stereocenters. The number of nitrogens with zero attached hydrogens (tertiary/aromatic N) is 1. The number of hydrogen-bond donors (Lipinski definition) is 2. The highest BCUT2D eigenvalue weighted by atomic mass is 35.5. The molecule has 1 unspecified atom stereocenters. The second-order valence-corrected chi connectivity index (χ2v) is 6.14. The van der Waals surface area contributed by atoms with Crippen LogP contribution in [0, 0.1) is 5.82 Å². The standard InChI is InChI=1S/C21H25ClFN3/c1-4-21(26-12-6-11-25)16(3)18(13-15(2)7-5-10-24)17-8-9-19(22)20(23)14-17/h4-12,14,21H,1,13,24-25H2,2-3H3/b10-5-,11-6-,15-7-,18-16-,26-12-. The normalized spacial score (nSPS) is 15.0. The van der Waals surface area contributed by atoms with Crippen molar-refractivity contribution in [3.63, 3.8) is 0 Å². The summed E-state index contributed by atoms with van der Waals surface area (Å²) in [5.74, 6) is -0.456. The molecule has 0 aliphatic rings. The number of halogens is 2. The van der Waals surface area contributed by atoms with Gasteiger partial charge in [-0.25, -0.2) is 4.39 Å². The summed E-state index contributed by atoms with van der Waals surface area (Å²) in [4.78, 5) is 4.45. The Kier molecular flexibility index (Phi) is 9.17. The maximum absolute atomic E-state index is 14.0. The van der Waals surface area contributed by atoms with Crippen molar-refractivity contribution in [2.75, 3.05) is 0 Å². The van der Waals surface area contributed by atoms with Crippen molar-refractivity contribution in [3.05, 3.63) is 89.0 Å². The SMILES string of the molecule is C=CC(/N=C\C=C/N)/C(C)=C(/C/C(C)=C\C=C/N)c1ccc(Cl)c(F)c1. The van der Waals surface area contributed by atoms with Crippen LogP contribution in [0.5, 0.6) is 0 Å². The third-order valence-electron chi connectivity index (χ3n) is 3.80. The average molecular weight is 374 g/mol. The largest absolute Gasteiger partial charge is 0.405 e. The molecular formula is C21H25ClFN3. The maximum atomic E-state index is 14.0. The maximum Gasteiger partial charge on any atom is 0.142 e. The van der Waals surface area contributed by atoms with Crippen LogP contribution in [0.2, 0.25) is 5.02 Å². The first-order chi connectivity index (χ1) is 12.4. The molecule has 0 saturated carbocycles. The Morgan fingerprint density at radius 1 is 1.27 bits per heavy atom. The van der Waals surface area contributed by atoms with Crippen molar-refractivity contribution < 1.29 is 4.39 Å². The molecule has 5 heteroatoms. The summed E-state index contributed by atoms with van der Waals surface area (Å²) in [6.07, 6.45) is 12.2. The number of aliphatic imine (C=N–C) groups is 1. The van der Waals surface area contributed by atoms with E-state index in [1.165, 1.54) is 18.5 Å². The molecule has 0 bridgehead atoms. The Hall–Kier alpha value is -2.59. The number of allylic oxidation sites excluding steroid dienone is 5. The first-order valence-electron chi connectivity index (χ1n) is 8.16. The lowest BCUT2D eigenvalue weighted by Gasteiger charge is -2.17. The topological polar surface area (TPSA) is 64.4 Å². The molecule has 0 aromatic heterocycles. The van der Waals surface area contributed by atoms with Gasteiger partial charge in [0.05, 0.1) is 11.1 Å². The van der Waals surface area contributed by atoms with Crippen molar-refractivity contribution >= 4 is 23.4 Å². The van der Waals surface area contributed by atoms with E-state index in [-0.39, 0.29) is 11.1 Å². The molecule has 1 aromatic carbocycles. The summed E-state index contributed by atoms with van der Waals surface area (Å²) in [5.41, 5.74) is 14.5. The molecule has 0 aliphatic carbocycles. The summed E-state index contributed by atoms with van der Waals surface area (Å²) < 4.78 is 14.0. The molecule has 26 heavy (non-hydrogen) atoms. The third-order valence-corrected chi connectivity index (χ3v) is 4.11. The molecule has 4 N–H and O–H groups in total. The summed E-state index contributed by atoms with van der Waals surface area (Å²) in [6.45, 7) is 7.81. The zero-order valence-electron chi connectivity index (χ0n) is 15.1. The monoisotopic (exact) mass is 373 g/mol. The molecule has 0 radical (unpaired) electrons. The lowest BCUT2D eigenvalue weighted by molar-refractivity contribution is 0.627. The van der Waals surface area contributed by atoms with Crippen LogP contribution in [0.25, 0.3) is 5.57 Å². The van der Waals surface area contributed by atoms with Crippen LogP contribution in [0.3, 0.4) is 0 Å². The van der Waals surface area contributed by atoms with Crippen LogP contribution in [-0.2, 0) is 0 Å². The van der Waals surface area contributed by atoms with Gasteiger partial charge in [0.25, 0.3) is 0 Å². The van der Waals surface area contributed by atoms with Gasteiger partial charge in [0, 0.05) is 6.21 Å². The van der Waals surface area contributed by atoms with E-state index in [2.05, 4.69) is 11.6 Å². The molecule has 0 fully saturated rings. The lowest BCUT2D eigenvalue weighted by atomic mass is 9.91. The van der Waals surface area contributed by atoms with E-state index in [4.69, 9.17) is 23.1 Å². The summed E-state index contributed by atoms with van der Waals surface area (Å²) in [6, 6.07) is 4.55. The Morgan fingerprint density at radius 2 is 1.96 bits per heavy atom. The average Bonchev–Trinajstić information content (AvgIpc) is 2.63. The quantitative estimate of drug-likeness (QED) is 0.375. The second kappa shape index (κ2) is 11.1. The van der Waals surface area contributed by atoms with E-state index < -0.39 is 5.82 Å². The van der Waals surface area contributed by atoms with Crippen LogP contribution in [0.1, 0.15) is 25.8 Å². The number of benzene rings is 1. The van der Waals surface area contributed by atoms with Crippen molar-refractivity contribution in [2.24, 2.45) is 16.5 Å². The van der Waals surface area contributed by atoms with Crippen molar-refractivity contribution in [1.29, 1.82) is 0 Å². The highest BCUT2D eigenvalue weighted by molar-refractivity contribution is 6.30. The fraction of sp³-hybridized carbons (Fsp3) is 0.190.